The summed E-state index contributed by atoms with van der Waals surface area (Å²) in [5.74, 6) is 0.851. The van der Waals surface area contributed by atoms with Gasteiger partial charge in [-0.3, -0.25) is 9.10 Å². The van der Waals surface area contributed by atoms with Gasteiger partial charge in [0.05, 0.1) is 32.4 Å². The number of anilines is 1. The third kappa shape index (κ3) is 7.03. The molecular formula is C21H25N3O6S. The summed E-state index contributed by atoms with van der Waals surface area (Å²) in [6.45, 7) is 3.53. The van der Waals surface area contributed by atoms with Gasteiger partial charge in [0.25, 0.3) is 5.91 Å². The van der Waals surface area contributed by atoms with Gasteiger partial charge in [0.1, 0.15) is 18.9 Å². The number of benzene rings is 2. The van der Waals surface area contributed by atoms with E-state index >= 15 is 0 Å². The molecule has 0 unspecified atom stereocenters. The van der Waals surface area contributed by atoms with E-state index < -0.39 is 22.5 Å². The summed E-state index contributed by atoms with van der Waals surface area (Å²) in [6, 6.07) is 11.6. The maximum atomic E-state index is 12.3. The van der Waals surface area contributed by atoms with Crippen LogP contribution in [0.2, 0.25) is 0 Å². The highest BCUT2D eigenvalue weighted by molar-refractivity contribution is 7.92. The Labute approximate surface area is 182 Å². The van der Waals surface area contributed by atoms with Crippen LogP contribution in [0.5, 0.6) is 17.2 Å². The minimum atomic E-state index is -3.74. The van der Waals surface area contributed by atoms with Gasteiger partial charge in [-0.25, -0.2) is 13.8 Å². The van der Waals surface area contributed by atoms with Gasteiger partial charge >= 0.3 is 0 Å². The van der Waals surface area contributed by atoms with E-state index in [-0.39, 0.29) is 5.69 Å². The number of hydrazone groups is 1. The Bertz CT molecular complexity index is 1040. The number of amides is 1. The lowest BCUT2D eigenvalue weighted by Crippen LogP contribution is -2.39. The van der Waals surface area contributed by atoms with Crippen LogP contribution in [0.1, 0.15) is 5.56 Å². The Morgan fingerprint density at radius 3 is 2.39 bits per heavy atom. The van der Waals surface area contributed by atoms with E-state index in [4.69, 9.17) is 14.2 Å². The molecule has 2 rings (SSSR count). The first kappa shape index (κ1) is 23.7. The van der Waals surface area contributed by atoms with E-state index in [1.165, 1.54) is 32.6 Å². The minimum absolute atomic E-state index is 0.259. The summed E-state index contributed by atoms with van der Waals surface area (Å²) in [7, 11) is -0.836. The van der Waals surface area contributed by atoms with Crippen LogP contribution in [0.3, 0.4) is 0 Å². The molecule has 0 saturated heterocycles. The lowest BCUT2D eigenvalue weighted by atomic mass is 10.2. The molecule has 0 heterocycles. The molecule has 0 spiro atoms. The highest BCUT2D eigenvalue weighted by atomic mass is 32.2. The fourth-order valence-corrected chi connectivity index (χ4v) is 3.38. The number of ether oxygens (including phenoxy) is 3. The van der Waals surface area contributed by atoms with Crippen LogP contribution < -0.4 is 23.9 Å². The van der Waals surface area contributed by atoms with E-state index in [1.54, 1.807) is 36.4 Å². The zero-order chi connectivity index (χ0) is 22.9. The first-order chi connectivity index (χ1) is 14.8. The SMILES string of the molecule is C=CCOc1ccc(/C=N\NC(=O)CN(c2ccc(OC)c(OC)c2)S(C)(=O)=O)cc1. The smallest absolute Gasteiger partial charge is 0.260 e. The van der Waals surface area contributed by atoms with Crippen LogP contribution in [-0.2, 0) is 14.8 Å². The highest BCUT2D eigenvalue weighted by Crippen LogP contribution is 2.32. The van der Waals surface area contributed by atoms with Crippen LogP contribution in [0.25, 0.3) is 0 Å². The second-order valence-corrected chi connectivity index (χ2v) is 8.18. The van der Waals surface area contributed by atoms with Crippen molar-refractivity contribution in [1.29, 1.82) is 0 Å². The molecule has 9 nitrogen and oxygen atoms in total. The molecular weight excluding hydrogens is 422 g/mol. The van der Waals surface area contributed by atoms with Crippen LogP contribution in [-0.4, -0.2) is 54.2 Å². The predicted molar refractivity (Wildman–Crippen MR) is 120 cm³/mol. The Balaban J connectivity index is 2.06. The van der Waals surface area contributed by atoms with Crippen LogP contribution in [0.15, 0.2) is 60.2 Å². The van der Waals surface area contributed by atoms with E-state index in [9.17, 15) is 13.2 Å². The average molecular weight is 448 g/mol. The van der Waals surface area contributed by atoms with Crippen molar-refractivity contribution in [3.05, 3.63) is 60.7 Å². The third-order valence-corrected chi connectivity index (χ3v) is 5.13. The molecule has 31 heavy (non-hydrogen) atoms. The van der Waals surface area contributed by atoms with Crippen LogP contribution >= 0.6 is 0 Å². The van der Waals surface area contributed by atoms with E-state index in [1.807, 2.05) is 0 Å². The average Bonchev–Trinajstić information content (AvgIpc) is 2.75. The summed E-state index contributed by atoms with van der Waals surface area (Å²) in [5, 5.41) is 3.88. The van der Waals surface area contributed by atoms with E-state index in [2.05, 4.69) is 17.1 Å². The van der Waals surface area contributed by atoms with E-state index in [0.717, 1.165) is 16.1 Å². The molecule has 0 aliphatic heterocycles. The number of nitrogens with one attached hydrogen (secondary N) is 1. The Morgan fingerprint density at radius 2 is 1.81 bits per heavy atom. The number of hydrogen-bond donors (Lipinski definition) is 1. The fraction of sp³-hybridized carbons (Fsp3) is 0.238. The quantitative estimate of drug-likeness (QED) is 0.322. The van der Waals surface area contributed by atoms with E-state index in [0.29, 0.717) is 23.9 Å². The molecule has 0 fully saturated rings. The standard InChI is InChI=1S/C21H25N3O6S/c1-5-12-30-18-9-6-16(7-10-18)14-22-23-21(25)15-24(31(4,26)27)17-8-11-19(28-2)20(13-17)29-3/h5-11,13-14H,1,12,15H2,2-4H3,(H,23,25)/b22-14-. The molecule has 0 bridgehead atoms. The van der Waals surface area contributed by atoms with Crippen molar-refractivity contribution in [2.24, 2.45) is 5.10 Å². The minimum Gasteiger partial charge on any atom is -0.493 e. The van der Waals surface area contributed by atoms with Crippen molar-refractivity contribution in [2.45, 2.75) is 0 Å². The molecule has 2 aromatic carbocycles. The summed E-state index contributed by atoms with van der Waals surface area (Å²) >= 11 is 0. The first-order valence-corrected chi connectivity index (χ1v) is 11.0. The van der Waals surface area contributed by atoms with Crippen molar-refractivity contribution < 1.29 is 27.4 Å². The number of methoxy groups -OCH3 is 2. The molecule has 0 radical (unpaired) electrons. The Kier molecular flexibility index (Phi) is 8.44. The van der Waals surface area contributed by atoms with Crippen LogP contribution in [0, 0.1) is 0 Å². The van der Waals surface area contributed by atoms with Gasteiger partial charge in [-0.15, -0.1) is 0 Å². The predicted octanol–water partition coefficient (Wildman–Crippen LogP) is 2.18. The topological polar surface area (TPSA) is 107 Å². The fourth-order valence-electron chi connectivity index (χ4n) is 2.53. The second kappa shape index (κ2) is 11.0. The van der Waals surface area contributed by atoms with Gasteiger partial charge in [-0.1, -0.05) is 12.7 Å². The summed E-state index contributed by atoms with van der Waals surface area (Å²) in [6.07, 6.45) is 4.10. The maximum absolute atomic E-state index is 12.3. The number of carbonyl (C=O) groups is 1. The summed E-state index contributed by atoms with van der Waals surface area (Å²) in [4.78, 5) is 12.3. The number of sulfonamides is 1. The highest BCUT2D eigenvalue weighted by Gasteiger charge is 2.22. The first-order valence-electron chi connectivity index (χ1n) is 9.14. The Morgan fingerprint density at radius 1 is 1.13 bits per heavy atom. The summed E-state index contributed by atoms with van der Waals surface area (Å²) in [5.41, 5.74) is 3.31. The molecule has 2 aromatic rings. The molecule has 0 aromatic heterocycles. The van der Waals surface area contributed by atoms with Gasteiger partial charge < -0.3 is 14.2 Å². The lowest BCUT2D eigenvalue weighted by molar-refractivity contribution is -0.119. The lowest BCUT2D eigenvalue weighted by Gasteiger charge is -2.22. The van der Waals surface area contributed by atoms with Crippen molar-refractivity contribution in [1.82, 2.24) is 5.43 Å². The zero-order valence-corrected chi connectivity index (χ0v) is 18.4. The summed E-state index contributed by atoms with van der Waals surface area (Å²) < 4.78 is 41.2. The van der Waals surface area contributed by atoms with Gasteiger partial charge in [0.2, 0.25) is 10.0 Å². The van der Waals surface area contributed by atoms with Crippen molar-refractivity contribution in [2.75, 3.05) is 37.9 Å². The number of carbonyl (C=O) groups excluding carboxylic acids is 1. The Hall–Kier alpha value is -3.53. The van der Waals surface area contributed by atoms with Crippen molar-refractivity contribution in [3.63, 3.8) is 0 Å². The van der Waals surface area contributed by atoms with Gasteiger partial charge in [-0.05, 0) is 42.0 Å². The molecule has 0 aliphatic rings. The molecule has 10 heteroatoms. The number of nitrogens with zero attached hydrogens (tertiary/aromatic N) is 2. The molecule has 0 atom stereocenters. The number of hydrogen-bond acceptors (Lipinski definition) is 7. The van der Waals surface area contributed by atoms with Gasteiger partial charge in [-0.2, -0.15) is 5.10 Å². The molecule has 1 amide bonds. The molecule has 166 valence electrons. The third-order valence-electron chi connectivity index (χ3n) is 3.99. The number of rotatable bonds is 11. The van der Waals surface area contributed by atoms with Crippen molar-refractivity contribution in [3.8, 4) is 17.2 Å². The molecule has 1 N–H and O–H groups in total. The molecule has 0 aliphatic carbocycles. The van der Waals surface area contributed by atoms with Crippen molar-refractivity contribution >= 4 is 27.8 Å². The monoisotopic (exact) mass is 447 g/mol. The van der Waals surface area contributed by atoms with Gasteiger partial charge in [0.15, 0.2) is 11.5 Å². The van der Waals surface area contributed by atoms with Crippen LogP contribution in [0.4, 0.5) is 5.69 Å². The normalized spacial score (nSPS) is 11.1. The second-order valence-electron chi connectivity index (χ2n) is 6.27. The zero-order valence-electron chi connectivity index (χ0n) is 17.6. The molecule has 0 saturated carbocycles. The van der Waals surface area contributed by atoms with Gasteiger partial charge in [0, 0.05) is 6.07 Å². The largest absolute Gasteiger partial charge is 0.493 e. The maximum Gasteiger partial charge on any atom is 0.260 e.